The molecule has 4 rings (SSSR count). The Kier molecular flexibility index (Phi) is 6.05. The molecule has 0 atom stereocenters. The van der Waals surface area contributed by atoms with Crippen molar-refractivity contribution < 1.29 is 4.79 Å². The molecule has 0 radical (unpaired) electrons. The number of carbonyl (C=O) groups is 1. The molecular formula is C22H30N4O2. The van der Waals surface area contributed by atoms with Crippen molar-refractivity contribution in [3.63, 3.8) is 0 Å². The largest absolute Gasteiger partial charge is 0.342 e. The Bertz CT molecular complexity index is 862. The first kappa shape index (κ1) is 19.1. The van der Waals surface area contributed by atoms with Crippen molar-refractivity contribution in [2.24, 2.45) is 5.92 Å². The van der Waals surface area contributed by atoms with Gasteiger partial charge in [-0.15, -0.1) is 0 Å². The van der Waals surface area contributed by atoms with Gasteiger partial charge in [0.05, 0.1) is 10.9 Å². The normalized spacial score (nSPS) is 19.6. The molecule has 0 spiro atoms. The molecule has 6 heteroatoms. The zero-order chi connectivity index (χ0) is 19.3. The summed E-state index contributed by atoms with van der Waals surface area (Å²) in [6, 6.07) is 7.45. The summed E-state index contributed by atoms with van der Waals surface area (Å²) in [5.41, 5.74) is 0.686. The molecule has 6 nitrogen and oxygen atoms in total. The molecular weight excluding hydrogens is 352 g/mol. The maximum atomic E-state index is 12.8. The standard InChI is InChI=1S/C22H30N4O2/c27-21-18-7-3-4-8-19(18)23-20(24-21)11-16-25-14-9-17(10-15-25)22(28)26-12-5-1-2-6-13-26/h3-4,7-8,17H,1-2,5-6,9-16H2,(H,23,24,27). The first-order valence-corrected chi connectivity index (χ1v) is 10.7. The summed E-state index contributed by atoms with van der Waals surface area (Å²) in [6.07, 6.45) is 7.43. The molecule has 0 saturated carbocycles. The summed E-state index contributed by atoms with van der Waals surface area (Å²) >= 11 is 0. The summed E-state index contributed by atoms with van der Waals surface area (Å²) in [6.45, 7) is 4.65. The van der Waals surface area contributed by atoms with E-state index in [1.807, 2.05) is 18.2 Å². The zero-order valence-electron chi connectivity index (χ0n) is 16.5. The molecule has 28 heavy (non-hydrogen) atoms. The topological polar surface area (TPSA) is 69.3 Å². The minimum Gasteiger partial charge on any atom is -0.342 e. The Morgan fingerprint density at radius 1 is 1.04 bits per heavy atom. The highest BCUT2D eigenvalue weighted by atomic mass is 16.2. The highest BCUT2D eigenvalue weighted by Crippen LogP contribution is 2.22. The van der Waals surface area contributed by atoms with E-state index in [-0.39, 0.29) is 11.5 Å². The van der Waals surface area contributed by atoms with Gasteiger partial charge in [-0.2, -0.15) is 0 Å². The smallest absolute Gasteiger partial charge is 0.258 e. The second kappa shape index (κ2) is 8.86. The summed E-state index contributed by atoms with van der Waals surface area (Å²) in [5.74, 6) is 1.31. The first-order chi connectivity index (χ1) is 13.7. The Morgan fingerprint density at radius 3 is 2.50 bits per heavy atom. The van der Waals surface area contributed by atoms with Gasteiger partial charge < -0.3 is 14.8 Å². The molecule has 2 aliphatic rings. The lowest BCUT2D eigenvalue weighted by Crippen LogP contribution is -2.43. The van der Waals surface area contributed by atoms with Gasteiger partial charge in [0.15, 0.2) is 0 Å². The molecule has 2 aliphatic heterocycles. The highest BCUT2D eigenvalue weighted by molar-refractivity contribution is 5.79. The number of piperidine rings is 1. The third-order valence-corrected chi connectivity index (χ3v) is 6.18. The quantitative estimate of drug-likeness (QED) is 0.882. The van der Waals surface area contributed by atoms with E-state index < -0.39 is 0 Å². The van der Waals surface area contributed by atoms with Crippen molar-refractivity contribution in [3.8, 4) is 0 Å². The van der Waals surface area contributed by atoms with E-state index in [2.05, 4.69) is 19.8 Å². The van der Waals surface area contributed by atoms with Crippen LogP contribution in [0.3, 0.4) is 0 Å². The first-order valence-electron chi connectivity index (χ1n) is 10.7. The van der Waals surface area contributed by atoms with Crippen molar-refractivity contribution >= 4 is 16.8 Å². The van der Waals surface area contributed by atoms with Crippen molar-refractivity contribution in [2.75, 3.05) is 32.7 Å². The third kappa shape index (κ3) is 4.43. The molecule has 0 aliphatic carbocycles. The Hall–Kier alpha value is -2.21. The van der Waals surface area contributed by atoms with E-state index in [1.165, 1.54) is 12.8 Å². The van der Waals surface area contributed by atoms with Crippen molar-refractivity contribution in [1.29, 1.82) is 0 Å². The Balaban J connectivity index is 1.29. The summed E-state index contributed by atoms with van der Waals surface area (Å²) in [7, 11) is 0. The Labute approximate surface area is 165 Å². The predicted octanol–water partition coefficient (Wildman–Crippen LogP) is 2.58. The second-order valence-electron chi connectivity index (χ2n) is 8.14. The van der Waals surface area contributed by atoms with Crippen LogP contribution in [0.2, 0.25) is 0 Å². The molecule has 1 N–H and O–H groups in total. The van der Waals surface area contributed by atoms with E-state index in [0.717, 1.165) is 76.2 Å². The van der Waals surface area contributed by atoms with Crippen molar-refractivity contribution in [1.82, 2.24) is 19.8 Å². The van der Waals surface area contributed by atoms with Crippen LogP contribution in [0.5, 0.6) is 0 Å². The zero-order valence-corrected chi connectivity index (χ0v) is 16.5. The number of carbonyl (C=O) groups excluding carboxylic acids is 1. The number of aromatic nitrogens is 2. The van der Waals surface area contributed by atoms with Gasteiger partial charge in [0.25, 0.3) is 5.56 Å². The van der Waals surface area contributed by atoms with Crippen LogP contribution in [0.4, 0.5) is 0 Å². The molecule has 150 valence electrons. The van der Waals surface area contributed by atoms with Gasteiger partial charge in [0, 0.05) is 32.0 Å². The molecule has 3 heterocycles. The van der Waals surface area contributed by atoms with Crippen LogP contribution in [0.15, 0.2) is 29.1 Å². The average Bonchev–Trinajstić information content (AvgIpc) is 3.02. The van der Waals surface area contributed by atoms with Gasteiger partial charge >= 0.3 is 0 Å². The van der Waals surface area contributed by atoms with E-state index in [1.54, 1.807) is 6.07 Å². The van der Waals surface area contributed by atoms with Gasteiger partial charge in [-0.3, -0.25) is 9.59 Å². The molecule has 0 bridgehead atoms. The van der Waals surface area contributed by atoms with Crippen LogP contribution < -0.4 is 5.56 Å². The summed E-state index contributed by atoms with van der Waals surface area (Å²) < 4.78 is 0. The van der Waals surface area contributed by atoms with Crippen LogP contribution in [0.25, 0.3) is 10.9 Å². The Morgan fingerprint density at radius 2 is 1.75 bits per heavy atom. The van der Waals surface area contributed by atoms with Crippen molar-refractivity contribution in [2.45, 2.75) is 44.9 Å². The lowest BCUT2D eigenvalue weighted by Gasteiger charge is -2.34. The summed E-state index contributed by atoms with van der Waals surface area (Å²) in [4.78, 5) is 37.0. The number of likely N-dealkylation sites (tertiary alicyclic amines) is 2. The molecule has 1 aromatic heterocycles. The van der Waals surface area contributed by atoms with Gasteiger partial charge in [-0.05, 0) is 50.9 Å². The molecule has 1 aromatic carbocycles. The molecule has 1 amide bonds. The maximum Gasteiger partial charge on any atom is 0.258 e. The number of benzene rings is 1. The predicted molar refractivity (Wildman–Crippen MR) is 110 cm³/mol. The number of nitrogens with one attached hydrogen (secondary N) is 1. The lowest BCUT2D eigenvalue weighted by atomic mass is 9.95. The molecule has 2 fully saturated rings. The van der Waals surface area contributed by atoms with Crippen LogP contribution in [-0.2, 0) is 11.2 Å². The van der Waals surface area contributed by atoms with E-state index in [0.29, 0.717) is 11.3 Å². The fraction of sp³-hybridized carbons (Fsp3) is 0.591. The fourth-order valence-electron chi connectivity index (χ4n) is 4.47. The number of para-hydroxylation sites is 1. The van der Waals surface area contributed by atoms with Gasteiger partial charge in [0.1, 0.15) is 5.82 Å². The van der Waals surface area contributed by atoms with Gasteiger partial charge in [0.2, 0.25) is 5.91 Å². The summed E-state index contributed by atoms with van der Waals surface area (Å²) in [5, 5.41) is 0.638. The van der Waals surface area contributed by atoms with Gasteiger partial charge in [-0.25, -0.2) is 4.98 Å². The van der Waals surface area contributed by atoms with E-state index in [4.69, 9.17) is 0 Å². The monoisotopic (exact) mass is 382 g/mol. The maximum absolute atomic E-state index is 12.8. The highest BCUT2D eigenvalue weighted by Gasteiger charge is 2.28. The SMILES string of the molecule is O=C(C1CCN(CCc2nc3ccccc3c(=O)[nH]2)CC1)N1CCCCCC1. The van der Waals surface area contributed by atoms with E-state index >= 15 is 0 Å². The average molecular weight is 383 g/mol. The molecule has 2 aromatic rings. The van der Waals surface area contributed by atoms with Gasteiger partial charge in [-0.1, -0.05) is 25.0 Å². The number of amides is 1. The number of rotatable bonds is 4. The fourth-order valence-corrected chi connectivity index (χ4v) is 4.47. The number of H-pyrrole nitrogens is 1. The number of fused-ring (bicyclic) bond motifs is 1. The van der Waals surface area contributed by atoms with Crippen LogP contribution in [0.1, 0.15) is 44.3 Å². The molecule has 2 saturated heterocycles. The molecule has 0 unspecified atom stereocenters. The number of hydrogen-bond donors (Lipinski definition) is 1. The van der Waals surface area contributed by atoms with Crippen LogP contribution in [-0.4, -0.2) is 58.4 Å². The van der Waals surface area contributed by atoms with Crippen molar-refractivity contribution in [3.05, 3.63) is 40.4 Å². The minimum atomic E-state index is -0.0673. The number of hydrogen-bond acceptors (Lipinski definition) is 4. The second-order valence-corrected chi connectivity index (χ2v) is 8.14. The number of nitrogens with zero attached hydrogens (tertiary/aromatic N) is 3. The van der Waals surface area contributed by atoms with Crippen LogP contribution in [0, 0.1) is 5.92 Å². The number of aromatic amines is 1. The van der Waals surface area contributed by atoms with E-state index in [9.17, 15) is 9.59 Å². The minimum absolute atomic E-state index is 0.0673. The third-order valence-electron chi connectivity index (χ3n) is 6.18. The lowest BCUT2D eigenvalue weighted by molar-refractivity contribution is -0.137. The van der Waals surface area contributed by atoms with Crippen LogP contribution >= 0.6 is 0 Å².